The van der Waals surface area contributed by atoms with E-state index in [-0.39, 0.29) is 5.97 Å². The van der Waals surface area contributed by atoms with Gasteiger partial charge in [0, 0.05) is 12.4 Å². The van der Waals surface area contributed by atoms with Crippen LogP contribution < -0.4 is 5.32 Å². The van der Waals surface area contributed by atoms with E-state index in [4.69, 9.17) is 4.74 Å². The van der Waals surface area contributed by atoms with Gasteiger partial charge in [0.2, 0.25) is 0 Å². The average Bonchev–Trinajstić information content (AvgIpc) is 2.33. The normalized spacial score (nSPS) is 14.4. The fraction of sp³-hybridized carbons (Fsp3) is 0.300. The molecule has 0 aromatic rings. The molecule has 0 saturated carbocycles. The second kappa shape index (κ2) is 5.19. The predicted molar refractivity (Wildman–Crippen MR) is 50.7 cm³/mol. The number of nitrogens with one attached hydrogen (secondary N) is 1. The molecular formula is C10H13NO2. The molecule has 0 aliphatic carbocycles. The van der Waals surface area contributed by atoms with Crippen LogP contribution in [0.2, 0.25) is 0 Å². The second-order valence-electron chi connectivity index (χ2n) is 2.58. The quantitative estimate of drug-likeness (QED) is 0.667. The van der Waals surface area contributed by atoms with Crippen LogP contribution in [0.5, 0.6) is 0 Å². The molecule has 0 saturated heterocycles. The molecule has 13 heavy (non-hydrogen) atoms. The summed E-state index contributed by atoms with van der Waals surface area (Å²) in [6, 6.07) is 0. The summed E-state index contributed by atoms with van der Waals surface area (Å²) in [6.45, 7) is 2.24. The number of allylic oxidation sites excluding steroid dienone is 3. The van der Waals surface area contributed by atoms with E-state index in [0.717, 1.165) is 5.57 Å². The van der Waals surface area contributed by atoms with Crippen molar-refractivity contribution in [3.05, 3.63) is 36.2 Å². The molecule has 0 atom stereocenters. The molecular weight excluding hydrogens is 166 g/mol. The van der Waals surface area contributed by atoms with Gasteiger partial charge in [-0.25, -0.2) is 0 Å². The Bertz CT molecular complexity index is 264. The van der Waals surface area contributed by atoms with Crippen molar-refractivity contribution >= 4 is 5.97 Å². The summed E-state index contributed by atoms with van der Waals surface area (Å²) in [4.78, 5) is 11.1. The van der Waals surface area contributed by atoms with Crippen molar-refractivity contribution in [2.45, 2.75) is 13.3 Å². The van der Waals surface area contributed by atoms with E-state index in [0.29, 0.717) is 13.0 Å². The van der Waals surface area contributed by atoms with Crippen LogP contribution in [0.4, 0.5) is 0 Å². The Kier molecular flexibility index (Phi) is 3.82. The highest BCUT2D eigenvalue weighted by Crippen LogP contribution is 2.06. The van der Waals surface area contributed by atoms with Gasteiger partial charge in [0.1, 0.15) is 0 Å². The van der Waals surface area contributed by atoms with E-state index in [1.54, 1.807) is 19.3 Å². The number of hydrogen-bond donors (Lipinski definition) is 1. The molecule has 0 aromatic carbocycles. The average molecular weight is 179 g/mol. The van der Waals surface area contributed by atoms with Crippen molar-refractivity contribution in [2.24, 2.45) is 0 Å². The molecule has 70 valence electrons. The molecule has 1 N–H and O–H groups in total. The van der Waals surface area contributed by atoms with Crippen molar-refractivity contribution in [3.63, 3.8) is 0 Å². The van der Waals surface area contributed by atoms with Gasteiger partial charge in [-0.15, -0.1) is 0 Å². The van der Waals surface area contributed by atoms with Gasteiger partial charge < -0.3 is 10.1 Å². The number of hydrogen-bond acceptors (Lipinski definition) is 3. The summed E-state index contributed by atoms with van der Waals surface area (Å²) in [5.74, 6) is -0.186. The topological polar surface area (TPSA) is 38.3 Å². The molecule has 0 radical (unpaired) electrons. The van der Waals surface area contributed by atoms with Gasteiger partial charge >= 0.3 is 5.97 Å². The van der Waals surface area contributed by atoms with E-state index in [1.807, 2.05) is 18.2 Å². The molecule has 1 rings (SSSR count). The Hall–Kier alpha value is -1.51. The summed E-state index contributed by atoms with van der Waals surface area (Å²) in [5.41, 5.74) is 0.944. The lowest BCUT2D eigenvalue weighted by atomic mass is 10.2. The largest absolute Gasteiger partial charge is 0.466 e. The highest BCUT2D eigenvalue weighted by molar-refractivity contribution is 5.73. The molecule has 0 fully saturated rings. The highest BCUT2D eigenvalue weighted by Gasteiger charge is 2.03. The van der Waals surface area contributed by atoms with Gasteiger partial charge in [-0.2, -0.15) is 0 Å². The van der Waals surface area contributed by atoms with Crippen molar-refractivity contribution in [1.29, 1.82) is 0 Å². The fourth-order valence-corrected chi connectivity index (χ4v) is 0.990. The third-order valence-electron chi connectivity index (χ3n) is 1.55. The third kappa shape index (κ3) is 3.60. The fourth-order valence-electron chi connectivity index (χ4n) is 0.990. The zero-order valence-corrected chi connectivity index (χ0v) is 7.62. The first-order valence-electron chi connectivity index (χ1n) is 4.27. The molecule has 0 spiro atoms. The van der Waals surface area contributed by atoms with Gasteiger partial charge in [0.05, 0.1) is 13.0 Å². The van der Waals surface area contributed by atoms with Gasteiger partial charge in [-0.05, 0) is 24.6 Å². The Morgan fingerprint density at radius 3 is 3.15 bits per heavy atom. The van der Waals surface area contributed by atoms with Crippen molar-refractivity contribution in [2.75, 3.05) is 6.61 Å². The molecule has 0 aromatic heterocycles. The lowest BCUT2D eigenvalue weighted by Gasteiger charge is -2.00. The smallest absolute Gasteiger partial charge is 0.310 e. The molecule has 0 amide bonds. The number of carbonyl (C=O) groups excluding carboxylic acids is 1. The standard InChI is InChI=1S/C10H13NO2/c1-2-13-10(12)8-9-4-3-6-11-7-5-9/h3-7,11H,2,8H2,1H3. The van der Waals surface area contributed by atoms with Crippen LogP contribution in [0.15, 0.2) is 36.2 Å². The third-order valence-corrected chi connectivity index (χ3v) is 1.55. The Morgan fingerprint density at radius 1 is 1.54 bits per heavy atom. The van der Waals surface area contributed by atoms with Crippen LogP contribution in [0.3, 0.4) is 0 Å². The summed E-state index contributed by atoms with van der Waals surface area (Å²) in [7, 11) is 0. The van der Waals surface area contributed by atoms with Crippen molar-refractivity contribution in [3.8, 4) is 0 Å². The van der Waals surface area contributed by atoms with Gasteiger partial charge in [0.25, 0.3) is 0 Å². The summed E-state index contributed by atoms with van der Waals surface area (Å²) in [6.07, 6.45) is 9.51. The highest BCUT2D eigenvalue weighted by atomic mass is 16.5. The molecule has 1 aliphatic rings. The van der Waals surface area contributed by atoms with E-state index < -0.39 is 0 Å². The Balaban J connectivity index is 2.47. The minimum atomic E-state index is -0.186. The predicted octanol–water partition coefficient (Wildman–Crippen LogP) is 1.50. The van der Waals surface area contributed by atoms with E-state index in [2.05, 4.69) is 5.32 Å². The Labute approximate surface area is 77.8 Å². The SMILES string of the molecule is CCOC(=O)CC1=CC=CNC=C1. The van der Waals surface area contributed by atoms with Crippen LogP contribution in [0, 0.1) is 0 Å². The maximum atomic E-state index is 11.1. The molecule has 1 aliphatic heterocycles. The minimum absolute atomic E-state index is 0.186. The zero-order chi connectivity index (χ0) is 9.52. The number of ether oxygens (including phenoxy) is 1. The maximum Gasteiger partial charge on any atom is 0.310 e. The summed E-state index contributed by atoms with van der Waals surface area (Å²) in [5, 5.41) is 2.92. The van der Waals surface area contributed by atoms with Crippen molar-refractivity contribution < 1.29 is 9.53 Å². The number of esters is 1. The van der Waals surface area contributed by atoms with Crippen LogP contribution in [0.25, 0.3) is 0 Å². The lowest BCUT2D eigenvalue weighted by molar-refractivity contribution is -0.142. The molecule has 3 heteroatoms. The van der Waals surface area contributed by atoms with Crippen LogP contribution in [-0.4, -0.2) is 12.6 Å². The lowest BCUT2D eigenvalue weighted by Crippen LogP contribution is -2.04. The molecule has 0 unspecified atom stereocenters. The number of carbonyl (C=O) groups is 1. The van der Waals surface area contributed by atoms with Crippen LogP contribution in [-0.2, 0) is 9.53 Å². The minimum Gasteiger partial charge on any atom is -0.466 e. The monoisotopic (exact) mass is 179 g/mol. The summed E-state index contributed by atoms with van der Waals surface area (Å²) >= 11 is 0. The molecule has 3 nitrogen and oxygen atoms in total. The second-order valence-corrected chi connectivity index (χ2v) is 2.58. The van der Waals surface area contributed by atoms with E-state index in [9.17, 15) is 4.79 Å². The first kappa shape index (κ1) is 9.58. The van der Waals surface area contributed by atoms with Gasteiger partial charge in [0.15, 0.2) is 0 Å². The first-order valence-corrected chi connectivity index (χ1v) is 4.27. The molecule has 1 heterocycles. The number of rotatable bonds is 3. The Morgan fingerprint density at radius 2 is 2.38 bits per heavy atom. The molecule has 0 bridgehead atoms. The van der Waals surface area contributed by atoms with Crippen LogP contribution >= 0.6 is 0 Å². The summed E-state index contributed by atoms with van der Waals surface area (Å²) < 4.78 is 4.83. The first-order chi connectivity index (χ1) is 6.33. The zero-order valence-electron chi connectivity index (χ0n) is 7.62. The van der Waals surface area contributed by atoms with Gasteiger partial charge in [-0.3, -0.25) is 4.79 Å². The van der Waals surface area contributed by atoms with E-state index >= 15 is 0 Å². The van der Waals surface area contributed by atoms with E-state index in [1.165, 1.54) is 0 Å². The van der Waals surface area contributed by atoms with Gasteiger partial charge in [-0.1, -0.05) is 6.08 Å². The van der Waals surface area contributed by atoms with Crippen molar-refractivity contribution in [1.82, 2.24) is 5.32 Å². The van der Waals surface area contributed by atoms with Crippen LogP contribution in [0.1, 0.15) is 13.3 Å². The maximum absolute atomic E-state index is 11.1.